The van der Waals surface area contributed by atoms with Crippen LogP contribution in [0.3, 0.4) is 0 Å². The van der Waals surface area contributed by atoms with Gasteiger partial charge in [0.25, 0.3) is 0 Å². The zero-order valence-corrected chi connectivity index (χ0v) is 13.6. The van der Waals surface area contributed by atoms with Crippen LogP contribution >= 0.6 is 0 Å². The fourth-order valence-corrected chi connectivity index (χ4v) is 3.19. The van der Waals surface area contributed by atoms with Gasteiger partial charge in [0.15, 0.2) is 11.6 Å². The van der Waals surface area contributed by atoms with Gasteiger partial charge in [0, 0.05) is 25.7 Å². The molecule has 0 bridgehead atoms. The molecule has 1 saturated heterocycles. The minimum Gasteiger partial charge on any atom is -0.444 e. The second-order valence-electron chi connectivity index (χ2n) is 7.37. The summed E-state index contributed by atoms with van der Waals surface area (Å²) in [4.78, 5) is 13.7. The van der Waals surface area contributed by atoms with E-state index < -0.39 is 17.2 Å². The Hall–Kier alpha value is -1.69. The van der Waals surface area contributed by atoms with Gasteiger partial charge < -0.3 is 15.0 Å². The number of nitrogens with one attached hydrogen (secondary N) is 1. The first-order valence-corrected chi connectivity index (χ1v) is 7.90. The van der Waals surface area contributed by atoms with Gasteiger partial charge in [0.2, 0.25) is 0 Å². The Morgan fingerprint density at radius 1 is 1.26 bits per heavy atom. The van der Waals surface area contributed by atoms with Gasteiger partial charge in [0.1, 0.15) is 5.60 Å². The number of piperidine rings is 1. The third kappa shape index (κ3) is 3.63. The Morgan fingerprint density at radius 2 is 1.91 bits per heavy atom. The van der Waals surface area contributed by atoms with E-state index in [0.717, 1.165) is 11.6 Å². The van der Waals surface area contributed by atoms with Crippen molar-refractivity contribution in [2.24, 2.45) is 11.8 Å². The molecule has 1 aliphatic heterocycles. The summed E-state index contributed by atoms with van der Waals surface area (Å²) in [5.41, 5.74) is 0.242. The largest absolute Gasteiger partial charge is 0.444 e. The molecule has 3 rings (SSSR count). The van der Waals surface area contributed by atoms with Gasteiger partial charge >= 0.3 is 6.09 Å². The van der Waals surface area contributed by atoms with Crippen molar-refractivity contribution >= 4 is 6.09 Å². The van der Waals surface area contributed by atoms with E-state index in [4.69, 9.17) is 4.74 Å². The molecule has 1 aromatic rings. The van der Waals surface area contributed by atoms with Crippen molar-refractivity contribution in [2.75, 3.05) is 13.1 Å². The molecule has 1 amide bonds. The maximum Gasteiger partial charge on any atom is 0.410 e. The van der Waals surface area contributed by atoms with Crippen LogP contribution in [0.25, 0.3) is 0 Å². The van der Waals surface area contributed by atoms with Crippen LogP contribution in [0.15, 0.2) is 18.2 Å². The van der Waals surface area contributed by atoms with Gasteiger partial charge in [-0.25, -0.2) is 13.6 Å². The van der Waals surface area contributed by atoms with Crippen LogP contribution < -0.4 is 5.32 Å². The summed E-state index contributed by atoms with van der Waals surface area (Å²) < 4.78 is 31.4. The third-order valence-corrected chi connectivity index (χ3v) is 4.37. The number of amides is 1. The molecule has 2 unspecified atom stereocenters. The number of nitrogens with zero attached hydrogens (tertiary/aromatic N) is 1. The SMILES string of the molecule is CC(C)(C)OC(=O)N1CC2C(C1)C2NCc1ccc(F)c(F)c1. The van der Waals surface area contributed by atoms with Crippen molar-refractivity contribution in [3.05, 3.63) is 35.4 Å². The molecule has 0 spiro atoms. The van der Waals surface area contributed by atoms with Crippen LogP contribution in [0.4, 0.5) is 13.6 Å². The summed E-state index contributed by atoms with van der Waals surface area (Å²) in [6.07, 6.45) is -0.260. The average molecular weight is 324 g/mol. The molecule has 1 aliphatic carbocycles. The number of hydrogen-bond donors (Lipinski definition) is 1. The first kappa shape index (κ1) is 16.2. The summed E-state index contributed by atoms with van der Waals surface area (Å²) in [6, 6.07) is 4.27. The number of fused-ring (bicyclic) bond motifs is 1. The van der Waals surface area contributed by atoms with Crippen molar-refractivity contribution in [3.63, 3.8) is 0 Å². The molecule has 4 nitrogen and oxygen atoms in total. The smallest absolute Gasteiger partial charge is 0.410 e. The molecular formula is C17H22F2N2O2. The maximum absolute atomic E-state index is 13.2. The molecule has 0 aromatic heterocycles. The lowest BCUT2D eigenvalue weighted by Crippen LogP contribution is -2.39. The molecular weight excluding hydrogens is 302 g/mol. The normalized spacial score (nSPS) is 26.1. The molecule has 2 fully saturated rings. The summed E-state index contributed by atoms with van der Waals surface area (Å²) in [6.45, 7) is 7.45. The van der Waals surface area contributed by atoms with Gasteiger partial charge in [-0.3, -0.25) is 0 Å². The second kappa shape index (κ2) is 5.74. The molecule has 0 radical (unpaired) electrons. The molecule has 1 N–H and O–H groups in total. The quantitative estimate of drug-likeness (QED) is 0.929. The van der Waals surface area contributed by atoms with Crippen molar-refractivity contribution in [3.8, 4) is 0 Å². The topological polar surface area (TPSA) is 41.6 Å². The Morgan fingerprint density at radius 3 is 2.48 bits per heavy atom. The van der Waals surface area contributed by atoms with Gasteiger partial charge in [-0.2, -0.15) is 0 Å². The van der Waals surface area contributed by atoms with Gasteiger partial charge in [-0.15, -0.1) is 0 Å². The molecule has 6 heteroatoms. The monoisotopic (exact) mass is 324 g/mol. The number of hydrogen-bond acceptors (Lipinski definition) is 3. The summed E-state index contributed by atoms with van der Waals surface area (Å²) >= 11 is 0. The van der Waals surface area contributed by atoms with Gasteiger partial charge in [-0.05, 0) is 50.3 Å². The Balaban J connectivity index is 1.45. The third-order valence-electron chi connectivity index (χ3n) is 4.37. The van der Waals surface area contributed by atoms with E-state index in [0.29, 0.717) is 37.5 Å². The lowest BCUT2D eigenvalue weighted by Gasteiger charge is -2.26. The van der Waals surface area contributed by atoms with Gasteiger partial charge in [-0.1, -0.05) is 6.07 Å². The minimum absolute atomic E-state index is 0.260. The highest BCUT2D eigenvalue weighted by Crippen LogP contribution is 2.45. The molecule has 1 saturated carbocycles. The van der Waals surface area contributed by atoms with E-state index in [1.807, 2.05) is 20.8 Å². The van der Waals surface area contributed by atoms with Gasteiger partial charge in [0.05, 0.1) is 0 Å². The number of carbonyl (C=O) groups is 1. The molecule has 1 aromatic carbocycles. The number of halogens is 2. The zero-order chi connectivity index (χ0) is 16.8. The molecule has 126 valence electrons. The lowest BCUT2D eigenvalue weighted by molar-refractivity contribution is 0.0269. The molecule has 1 heterocycles. The average Bonchev–Trinajstić information content (AvgIpc) is 2.89. The minimum atomic E-state index is -0.829. The second-order valence-corrected chi connectivity index (χ2v) is 7.37. The highest BCUT2D eigenvalue weighted by Gasteiger charge is 2.56. The Kier molecular flexibility index (Phi) is 4.04. The molecule has 23 heavy (non-hydrogen) atoms. The molecule has 2 aliphatic rings. The van der Waals surface area contributed by atoms with Crippen LogP contribution in [-0.2, 0) is 11.3 Å². The van der Waals surface area contributed by atoms with E-state index in [2.05, 4.69) is 5.32 Å². The van der Waals surface area contributed by atoms with Crippen molar-refractivity contribution in [1.29, 1.82) is 0 Å². The fraction of sp³-hybridized carbons (Fsp3) is 0.588. The summed E-state index contributed by atoms with van der Waals surface area (Å²) in [5.74, 6) is -0.804. The maximum atomic E-state index is 13.2. The van der Waals surface area contributed by atoms with Crippen LogP contribution in [0, 0.1) is 23.5 Å². The van der Waals surface area contributed by atoms with E-state index in [-0.39, 0.29) is 6.09 Å². The van der Waals surface area contributed by atoms with Crippen LogP contribution in [0.2, 0.25) is 0 Å². The Bertz CT molecular complexity index is 603. The standard InChI is InChI=1S/C17H22F2N2O2/c1-17(2,3)23-16(22)21-8-11-12(9-21)15(11)20-7-10-4-5-13(18)14(19)6-10/h4-6,11-12,15,20H,7-9H2,1-3H3. The summed E-state index contributed by atoms with van der Waals surface area (Å²) in [7, 11) is 0. The first-order chi connectivity index (χ1) is 10.7. The first-order valence-electron chi connectivity index (χ1n) is 7.90. The van der Waals surface area contributed by atoms with Crippen LogP contribution in [0.5, 0.6) is 0 Å². The van der Waals surface area contributed by atoms with Crippen molar-refractivity contribution in [2.45, 2.75) is 39.0 Å². The van der Waals surface area contributed by atoms with E-state index in [1.165, 1.54) is 6.07 Å². The Labute approximate surface area is 134 Å². The van der Waals surface area contributed by atoms with Crippen LogP contribution in [0.1, 0.15) is 26.3 Å². The highest BCUT2D eigenvalue weighted by atomic mass is 19.2. The number of carbonyl (C=O) groups excluding carboxylic acids is 1. The van der Waals surface area contributed by atoms with Crippen molar-refractivity contribution < 1.29 is 18.3 Å². The van der Waals surface area contributed by atoms with Crippen molar-refractivity contribution in [1.82, 2.24) is 10.2 Å². The zero-order valence-electron chi connectivity index (χ0n) is 13.6. The molecule has 2 atom stereocenters. The number of ether oxygens (including phenoxy) is 1. The van der Waals surface area contributed by atoms with E-state index >= 15 is 0 Å². The number of benzene rings is 1. The van der Waals surface area contributed by atoms with Crippen LogP contribution in [-0.4, -0.2) is 35.7 Å². The fourth-order valence-electron chi connectivity index (χ4n) is 3.19. The number of rotatable bonds is 3. The predicted octanol–water partition coefficient (Wildman–Crippen LogP) is 2.92. The lowest BCUT2D eigenvalue weighted by atomic mass is 10.2. The number of likely N-dealkylation sites (tertiary alicyclic amines) is 1. The van der Waals surface area contributed by atoms with E-state index in [1.54, 1.807) is 11.0 Å². The van der Waals surface area contributed by atoms with E-state index in [9.17, 15) is 13.6 Å². The highest BCUT2D eigenvalue weighted by molar-refractivity contribution is 5.69. The predicted molar refractivity (Wildman–Crippen MR) is 81.8 cm³/mol. The summed E-state index contributed by atoms with van der Waals surface area (Å²) in [5, 5.41) is 3.36.